The monoisotopic (exact) mass is 295 g/mol. The Hall–Kier alpha value is -0.610. The van der Waals surface area contributed by atoms with Crippen LogP contribution in [0.1, 0.15) is 64.7 Å². The summed E-state index contributed by atoms with van der Waals surface area (Å²) in [7, 11) is 1.89. The van der Waals surface area contributed by atoms with Gasteiger partial charge < -0.3 is 16.0 Å². The number of hydrogen-bond acceptors (Lipinski definition) is 3. The molecule has 1 saturated heterocycles. The molecule has 1 heterocycles. The average molecular weight is 295 g/mol. The van der Waals surface area contributed by atoms with Gasteiger partial charge in [-0.15, -0.1) is 0 Å². The maximum absolute atomic E-state index is 11.9. The molecular weight excluding hydrogens is 262 g/mol. The second kappa shape index (κ2) is 7.59. The molecule has 1 aliphatic heterocycles. The highest BCUT2D eigenvalue weighted by molar-refractivity contribution is 5.85. The van der Waals surface area contributed by atoms with Crippen molar-refractivity contribution >= 4 is 5.91 Å². The van der Waals surface area contributed by atoms with Crippen molar-refractivity contribution in [1.82, 2.24) is 10.2 Å². The first-order valence-electron chi connectivity index (χ1n) is 8.87. The molecule has 3 N–H and O–H groups in total. The van der Waals surface area contributed by atoms with Gasteiger partial charge in [0.15, 0.2) is 0 Å². The van der Waals surface area contributed by atoms with Gasteiger partial charge in [-0.05, 0) is 64.6 Å². The number of carbonyl (C=O) groups excluding carboxylic acids is 1. The van der Waals surface area contributed by atoms with E-state index in [-0.39, 0.29) is 5.91 Å². The highest BCUT2D eigenvalue weighted by atomic mass is 16.1. The highest BCUT2D eigenvalue weighted by Crippen LogP contribution is 2.38. The summed E-state index contributed by atoms with van der Waals surface area (Å²) in [5, 5.41) is 3.26. The maximum atomic E-state index is 11.9. The van der Waals surface area contributed by atoms with Gasteiger partial charge in [-0.2, -0.15) is 0 Å². The number of hydrogen-bond donors (Lipinski definition) is 2. The molecule has 3 unspecified atom stereocenters. The first-order chi connectivity index (χ1) is 10.1. The van der Waals surface area contributed by atoms with E-state index in [1.807, 2.05) is 7.05 Å². The van der Waals surface area contributed by atoms with Gasteiger partial charge in [-0.25, -0.2) is 0 Å². The fourth-order valence-corrected chi connectivity index (χ4v) is 4.56. The molecule has 2 aliphatic rings. The predicted octanol–water partition coefficient (Wildman–Crippen LogP) is 2.27. The number of amides is 1. The van der Waals surface area contributed by atoms with Crippen LogP contribution in [0.3, 0.4) is 0 Å². The Kier molecular flexibility index (Phi) is 6.06. The minimum absolute atomic E-state index is 0.157. The lowest BCUT2D eigenvalue weighted by molar-refractivity contribution is -0.125. The standard InChI is InChI=1S/C17H33N3O/c1-3-15-9-5-4-6-12-20(15)13-10-14-8-7-11-17(14,19-2)16(18)21/h14-15,19H,3-13H2,1-2H3,(H2,18,21). The van der Waals surface area contributed by atoms with Crippen LogP contribution in [0.2, 0.25) is 0 Å². The quantitative estimate of drug-likeness (QED) is 0.790. The third-order valence-corrected chi connectivity index (χ3v) is 5.94. The van der Waals surface area contributed by atoms with Gasteiger partial charge in [0.25, 0.3) is 0 Å². The summed E-state index contributed by atoms with van der Waals surface area (Å²) < 4.78 is 0. The molecule has 4 heteroatoms. The third kappa shape index (κ3) is 3.59. The van der Waals surface area contributed by atoms with Crippen LogP contribution in [0.15, 0.2) is 0 Å². The lowest BCUT2D eigenvalue weighted by atomic mass is 9.83. The number of nitrogens with two attached hydrogens (primary N) is 1. The van der Waals surface area contributed by atoms with Crippen LogP contribution >= 0.6 is 0 Å². The lowest BCUT2D eigenvalue weighted by Gasteiger charge is -2.35. The molecule has 1 amide bonds. The van der Waals surface area contributed by atoms with Crippen molar-refractivity contribution < 1.29 is 4.79 Å². The number of rotatable bonds is 6. The lowest BCUT2D eigenvalue weighted by Crippen LogP contribution is -2.57. The van der Waals surface area contributed by atoms with Gasteiger partial charge in [0.05, 0.1) is 0 Å². The van der Waals surface area contributed by atoms with Gasteiger partial charge in [0.2, 0.25) is 5.91 Å². The Bertz CT molecular complexity index is 347. The fraction of sp³-hybridized carbons (Fsp3) is 0.941. The van der Waals surface area contributed by atoms with E-state index >= 15 is 0 Å². The number of nitrogens with one attached hydrogen (secondary N) is 1. The topological polar surface area (TPSA) is 58.4 Å². The molecule has 0 bridgehead atoms. The molecule has 4 nitrogen and oxygen atoms in total. The van der Waals surface area contributed by atoms with Gasteiger partial charge in [0.1, 0.15) is 5.54 Å². The predicted molar refractivity (Wildman–Crippen MR) is 87.1 cm³/mol. The molecule has 0 aromatic carbocycles. The molecule has 21 heavy (non-hydrogen) atoms. The molecule has 0 aromatic rings. The van der Waals surface area contributed by atoms with Crippen molar-refractivity contribution in [2.24, 2.45) is 11.7 Å². The highest BCUT2D eigenvalue weighted by Gasteiger charge is 2.46. The number of likely N-dealkylation sites (tertiary alicyclic amines) is 1. The van der Waals surface area contributed by atoms with Crippen molar-refractivity contribution in [3.8, 4) is 0 Å². The van der Waals surface area contributed by atoms with Gasteiger partial charge in [-0.3, -0.25) is 4.79 Å². The summed E-state index contributed by atoms with van der Waals surface area (Å²) in [4.78, 5) is 14.6. The summed E-state index contributed by atoms with van der Waals surface area (Å²) >= 11 is 0. The van der Waals surface area contributed by atoms with E-state index in [0.717, 1.165) is 38.3 Å². The number of primary amides is 1. The Morgan fingerprint density at radius 3 is 2.76 bits per heavy atom. The zero-order valence-corrected chi connectivity index (χ0v) is 13.9. The van der Waals surface area contributed by atoms with Gasteiger partial charge in [-0.1, -0.05) is 26.2 Å². The molecule has 2 rings (SSSR count). The second-order valence-electron chi connectivity index (χ2n) is 6.91. The maximum Gasteiger partial charge on any atom is 0.238 e. The summed E-state index contributed by atoms with van der Waals surface area (Å²) in [5.74, 6) is 0.246. The Morgan fingerprint density at radius 2 is 2.10 bits per heavy atom. The normalized spacial score (nSPS) is 34.8. The largest absolute Gasteiger partial charge is 0.368 e. The van der Waals surface area contributed by atoms with Crippen molar-refractivity contribution in [2.75, 3.05) is 20.1 Å². The third-order valence-electron chi connectivity index (χ3n) is 5.94. The average Bonchev–Trinajstić information content (AvgIpc) is 2.77. The molecular formula is C17H33N3O. The molecule has 3 atom stereocenters. The van der Waals surface area contributed by atoms with E-state index in [4.69, 9.17) is 5.73 Å². The van der Waals surface area contributed by atoms with E-state index in [9.17, 15) is 4.79 Å². The van der Waals surface area contributed by atoms with E-state index in [2.05, 4.69) is 17.1 Å². The molecule has 1 saturated carbocycles. The van der Waals surface area contributed by atoms with Crippen LogP contribution in [0.25, 0.3) is 0 Å². The minimum Gasteiger partial charge on any atom is -0.368 e. The Labute approximate surface area is 129 Å². The summed E-state index contributed by atoms with van der Waals surface area (Å²) in [6.07, 6.45) is 10.9. The minimum atomic E-state index is -0.451. The fourth-order valence-electron chi connectivity index (χ4n) is 4.56. The van der Waals surface area contributed by atoms with Gasteiger partial charge in [0, 0.05) is 6.04 Å². The number of likely N-dealkylation sites (N-methyl/N-ethyl adjacent to an activating group) is 1. The molecule has 2 fully saturated rings. The van der Waals surface area contributed by atoms with Crippen LogP contribution in [0.5, 0.6) is 0 Å². The van der Waals surface area contributed by atoms with E-state index < -0.39 is 5.54 Å². The molecule has 0 radical (unpaired) electrons. The van der Waals surface area contributed by atoms with Crippen LogP contribution in [0, 0.1) is 5.92 Å². The van der Waals surface area contributed by atoms with Crippen molar-refractivity contribution in [3.63, 3.8) is 0 Å². The summed E-state index contributed by atoms with van der Waals surface area (Å²) in [5.41, 5.74) is 5.25. The molecule has 1 aliphatic carbocycles. The van der Waals surface area contributed by atoms with Crippen molar-refractivity contribution in [3.05, 3.63) is 0 Å². The first-order valence-corrected chi connectivity index (χ1v) is 8.87. The van der Waals surface area contributed by atoms with Crippen molar-refractivity contribution in [1.29, 1.82) is 0 Å². The SMILES string of the molecule is CCC1CCCCCN1CCC1CCCC1(NC)C(N)=O. The zero-order chi connectivity index (χ0) is 15.3. The smallest absolute Gasteiger partial charge is 0.238 e. The second-order valence-corrected chi connectivity index (χ2v) is 6.91. The molecule has 122 valence electrons. The van der Waals surface area contributed by atoms with Crippen LogP contribution in [-0.2, 0) is 4.79 Å². The van der Waals surface area contributed by atoms with Crippen LogP contribution < -0.4 is 11.1 Å². The van der Waals surface area contributed by atoms with Crippen LogP contribution in [-0.4, -0.2) is 42.5 Å². The number of carbonyl (C=O) groups is 1. The molecule has 0 spiro atoms. The van der Waals surface area contributed by atoms with E-state index in [1.165, 1.54) is 38.6 Å². The zero-order valence-electron chi connectivity index (χ0n) is 13.9. The summed E-state index contributed by atoms with van der Waals surface area (Å²) in [6, 6.07) is 0.742. The van der Waals surface area contributed by atoms with Gasteiger partial charge >= 0.3 is 0 Å². The van der Waals surface area contributed by atoms with E-state index in [1.54, 1.807) is 0 Å². The number of nitrogens with zero attached hydrogens (tertiary/aromatic N) is 1. The Morgan fingerprint density at radius 1 is 1.29 bits per heavy atom. The summed E-state index contributed by atoms with van der Waals surface area (Å²) in [6.45, 7) is 4.66. The van der Waals surface area contributed by atoms with Crippen molar-refractivity contribution in [2.45, 2.75) is 76.3 Å². The first kappa shape index (κ1) is 16.8. The van der Waals surface area contributed by atoms with Crippen LogP contribution in [0.4, 0.5) is 0 Å². The Balaban J connectivity index is 1.95. The van der Waals surface area contributed by atoms with E-state index in [0.29, 0.717) is 5.92 Å². The molecule has 0 aromatic heterocycles.